The predicted octanol–water partition coefficient (Wildman–Crippen LogP) is 2.61. The first-order chi connectivity index (χ1) is 9.06. The van der Waals surface area contributed by atoms with Gasteiger partial charge in [0.25, 0.3) is 0 Å². The molecule has 110 valence electrons. The number of likely N-dealkylation sites (tertiary alicyclic amines) is 2. The molecule has 0 aliphatic carbocycles. The molecule has 0 aromatic rings. The van der Waals surface area contributed by atoms with Crippen molar-refractivity contribution in [3.05, 3.63) is 0 Å². The van der Waals surface area contributed by atoms with Gasteiger partial charge in [-0.15, -0.1) is 0 Å². The zero-order valence-corrected chi connectivity index (χ0v) is 12.9. The van der Waals surface area contributed by atoms with E-state index in [1.165, 1.54) is 19.4 Å². The van der Waals surface area contributed by atoms with Gasteiger partial charge < -0.3 is 9.80 Å². The van der Waals surface area contributed by atoms with Crippen molar-refractivity contribution in [1.29, 1.82) is 0 Å². The van der Waals surface area contributed by atoms with E-state index in [0.29, 0.717) is 17.7 Å². The fraction of sp³-hybridized carbons (Fsp3) is 0.938. The molecular weight excluding hydrogens is 236 g/mol. The second-order valence-electron chi connectivity index (χ2n) is 7.00. The number of carbonyl (C=O) groups excluding carboxylic acids is 1. The monoisotopic (exact) mass is 266 g/mol. The fourth-order valence-electron chi connectivity index (χ4n) is 3.53. The molecule has 1 unspecified atom stereocenters. The summed E-state index contributed by atoms with van der Waals surface area (Å²) in [6.45, 7) is 12.2. The Morgan fingerprint density at radius 2 is 1.84 bits per heavy atom. The van der Waals surface area contributed by atoms with E-state index in [-0.39, 0.29) is 0 Å². The molecule has 2 aliphatic heterocycles. The highest BCUT2D eigenvalue weighted by molar-refractivity contribution is 5.79. The Hall–Kier alpha value is -0.570. The Kier molecular flexibility index (Phi) is 5.26. The molecule has 3 heteroatoms. The van der Waals surface area contributed by atoms with Gasteiger partial charge in [-0.3, -0.25) is 4.79 Å². The van der Waals surface area contributed by atoms with E-state index < -0.39 is 0 Å². The minimum Gasteiger partial charge on any atom is -0.342 e. The molecule has 0 aromatic heterocycles. The molecule has 0 bridgehead atoms. The fourth-order valence-corrected chi connectivity index (χ4v) is 3.53. The second kappa shape index (κ2) is 6.74. The van der Waals surface area contributed by atoms with Crippen LogP contribution in [0.2, 0.25) is 0 Å². The maximum absolute atomic E-state index is 12.5. The summed E-state index contributed by atoms with van der Waals surface area (Å²) < 4.78 is 0. The summed E-state index contributed by atoms with van der Waals surface area (Å²) in [6, 6.07) is 0. The molecule has 2 aliphatic rings. The zero-order valence-electron chi connectivity index (χ0n) is 12.9. The summed E-state index contributed by atoms with van der Waals surface area (Å²) in [7, 11) is 0. The van der Waals surface area contributed by atoms with Gasteiger partial charge in [-0.2, -0.15) is 0 Å². The first kappa shape index (κ1) is 14.8. The lowest BCUT2D eigenvalue weighted by Gasteiger charge is -2.37. The number of carbonyl (C=O) groups is 1. The van der Waals surface area contributed by atoms with Crippen LogP contribution in [0.25, 0.3) is 0 Å². The van der Waals surface area contributed by atoms with E-state index >= 15 is 0 Å². The smallest absolute Gasteiger partial charge is 0.225 e. The van der Waals surface area contributed by atoms with Gasteiger partial charge in [0.1, 0.15) is 0 Å². The van der Waals surface area contributed by atoms with Gasteiger partial charge in [0.15, 0.2) is 0 Å². The Morgan fingerprint density at radius 3 is 2.42 bits per heavy atom. The number of rotatable bonds is 3. The molecule has 0 aromatic carbocycles. The summed E-state index contributed by atoms with van der Waals surface area (Å²) in [6.07, 6.45) is 4.61. The van der Waals surface area contributed by atoms with Crippen LogP contribution in [0.5, 0.6) is 0 Å². The lowest BCUT2D eigenvalue weighted by Crippen LogP contribution is -2.46. The van der Waals surface area contributed by atoms with Crippen molar-refractivity contribution in [1.82, 2.24) is 9.80 Å². The number of hydrogen-bond acceptors (Lipinski definition) is 2. The van der Waals surface area contributed by atoms with E-state index in [9.17, 15) is 4.79 Å². The van der Waals surface area contributed by atoms with E-state index in [1.807, 2.05) is 0 Å². The van der Waals surface area contributed by atoms with Gasteiger partial charge in [0.05, 0.1) is 0 Å². The van der Waals surface area contributed by atoms with Gasteiger partial charge >= 0.3 is 0 Å². The summed E-state index contributed by atoms with van der Waals surface area (Å²) in [5.74, 6) is 2.17. The molecule has 0 N–H and O–H groups in total. The van der Waals surface area contributed by atoms with Crippen molar-refractivity contribution < 1.29 is 4.79 Å². The molecule has 3 nitrogen and oxygen atoms in total. The minimum absolute atomic E-state index is 0.300. The van der Waals surface area contributed by atoms with Gasteiger partial charge in [0, 0.05) is 25.6 Å². The molecule has 0 radical (unpaired) electrons. The van der Waals surface area contributed by atoms with E-state index in [2.05, 4.69) is 30.6 Å². The van der Waals surface area contributed by atoms with Crippen LogP contribution >= 0.6 is 0 Å². The van der Waals surface area contributed by atoms with E-state index in [4.69, 9.17) is 0 Å². The highest BCUT2D eigenvalue weighted by Crippen LogP contribution is 2.23. The van der Waals surface area contributed by atoms with Crippen LogP contribution in [0.3, 0.4) is 0 Å². The number of piperidine rings is 2. The molecule has 2 fully saturated rings. The standard InChI is InChI=1S/C16H30N2O/c1-13(2)11-17-9-6-15(7-10-17)16(19)18-8-4-5-14(3)12-18/h13-15H,4-12H2,1-3H3. The SMILES string of the molecule is CC(C)CN1CCC(C(=O)N2CCCC(C)C2)CC1. The number of nitrogens with zero attached hydrogens (tertiary/aromatic N) is 2. The molecule has 2 saturated heterocycles. The van der Waals surface area contributed by atoms with E-state index in [0.717, 1.165) is 44.9 Å². The van der Waals surface area contributed by atoms with Crippen LogP contribution in [-0.2, 0) is 4.79 Å². The van der Waals surface area contributed by atoms with Crippen LogP contribution < -0.4 is 0 Å². The van der Waals surface area contributed by atoms with E-state index in [1.54, 1.807) is 0 Å². The lowest BCUT2D eigenvalue weighted by molar-refractivity contribution is -0.138. The molecule has 0 spiro atoms. The van der Waals surface area contributed by atoms with Gasteiger partial charge in [-0.25, -0.2) is 0 Å². The Morgan fingerprint density at radius 1 is 1.16 bits per heavy atom. The van der Waals surface area contributed by atoms with Crippen molar-refractivity contribution in [2.24, 2.45) is 17.8 Å². The average molecular weight is 266 g/mol. The zero-order chi connectivity index (χ0) is 13.8. The molecule has 2 heterocycles. The Balaban J connectivity index is 1.78. The average Bonchev–Trinajstić information content (AvgIpc) is 2.38. The van der Waals surface area contributed by atoms with Gasteiger partial charge in [-0.05, 0) is 50.6 Å². The van der Waals surface area contributed by atoms with Crippen LogP contribution in [0, 0.1) is 17.8 Å². The molecule has 0 saturated carbocycles. The summed E-state index contributed by atoms with van der Waals surface area (Å²) in [5.41, 5.74) is 0. The highest BCUT2D eigenvalue weighted by Gasteiger charge is 2.30. The molecule has 2 rings (SSSR count). The summed E-state index contributed by atoms with van der Waals surface area (Å²) in [5, 5.41) is 0. The number of hydrogen-bond donors (Lipinski definition) is 0. The molecule has 1 amide bonds. The van der Waals surface area contributed by atoms with Crippen molar-refractivity contribution in [3.8, 4) is 0 Å². The maximum atomic E-state index is 12.5. The lowest BCUT2D eigenvalue weighted by atomic mass is 9.92. The largest absolute Gasteiger partial charge is 0.342 e. The van der Waals surface area contributed by atoms with Gasteiger partial charge in [0.2, 0.25) is 5.91 Å². The summed E-state index contributed by atoms with van der Waals surface area (Å²) >= 11 is 0. The highest BCUT2D eigenvalue weighted by atomic mass is 16.2. The second-order valence-corrected chi connectivity index (χ2v) is 7.00. The number of amides is 1. The van der Waals surface area contributed by atoms with Crippen LogP contribution in [0.1, 0.15) is 46.5 Å². The Labute approximate surface area is 118 Å². The first-order valence-corrected chi connectivity index (χ1v) is 8.07. The maximum Gasteiger partial charge on any atom is 0.225 e. The first-order valence-electron chi connectivity index (χ1n) is 8.07. The predicted molar refractivity (Wildman–Crippen MR) is 79.0 cm³/mol. The third kappa shape index (κ3) is 4.20. The molecule has 19 heavy (non-hydrogen) atoms. The van der Waals surface area contributed by atoms with Crippen LogP contribution in [-0.4, -0.2) is 48.4 Å². The molecular formula is C16H30N2O. The van der Waals surface area contributed by atoms with Crippen molar-refractivity contribution in [3.63, 3.8) is 0 Å². The molecule has 1 atom stereocenters. The quantitative estimate of drug-likeness (QED) is 0.784. The van der Waals surface area contributed by atoms with Crippen LogP contribution in [0.15, 0.2) is 0 Å². The summed E-state index contributed by atoms with van der Waals surface area (Å²) in [4.78, 5) is 17.2. The normalized spacial score (nSPS) is 26.9. The van der Waals surface area contributed by atoms with Crippen molar-refractivity contribution >= 4 is 5.91 Å². The van der Waals surface area contributed by atoms with Gasteiger partial charge in [-0.1, -0.05) is 20.8 Å². The minimum atomic E-state index is 0.300. The van der Waals surface area contributed by atoms with Crippen molar-refractivity contribution in [2.75, 3.05) is 32.7 Å². The topological polar surface area (TPSA) is 23.6 Å². The van der Waals surface area contributed by atoms with Crippen LogP contribution in [0.4, 0.5) is 0 Å². The van der Waals surface area contributed by atoms with Crippen molar-refractivity contribution in [2.45, 2.75) is 46.5 Å². The Bertz CT molecular complexity index is 295. The third-order valence-corrected chi connectivity index (χ3v) is 4.53. The third-order valence-electron chi connectivity index (χ3n) is 4.53.